The summed E-state index contributed by atoms with van der Waals surface area (Å²) in [7, 11) is 3.36. The summed E-state index contributed by atoms with van der Waals surface area (Å²) < 4.78 is 9.71. The molecule has 0 radical (unpaired) electrons. The third kappa shape index (κ3) is 1.86. The summed E-state index contributed by atoms with van der Waals surface area (Å²) in [5.41, 5.74) is 0.155. The molecule has 0 saturated heterocycles. The number of rotatable bonds is 2. The lowest BCUT2D eigenvalue weighted by molar-refractivity contribution is 0.105. The van der Waals surface area contributed by atoms with Crippen molar-refractivity contribution in [3.05, 3.63) is 39.5 Å². The van der Waals surface area contributed by atoms with Gasteiger partial charge in [-0.1, -0.05) is 0 Å². The Morgan fingerprint density at radius 2 is 2.20 bits per heavy atom. The minimum absolute atomic E-state index is 0.143. The zero-order valence-corrected chi connectivity index (χ0v) is 11.4. The van der Waals surface area contributed by atoms with E-state index in [-0.39, 0.29) is 23.9 Å². The molecule has 1 aliphatic rings. The Balaban J connectivity index is 2.15. The topological polar surface area (TPSA) is 71.1 Å². The lowest BCUT2D eigenvalue weighted by Crippen LogP contribution is -2.42. The first kappa shape index (κ1) is 12.7. The highest BCUT2D eigenvalue weighted by molar-refractivity contribution is 5.69. The lowest BCUT2D eigenvalue weighted by atomic mass is 10.1. The van der Waals surface area contributed by atoms with Crippen molar-refractivity contribution in [1.82, 2.24) is 18.7 Å². The molecule has 7 nitrogen and oxygen atoms in total. The minimum Gasteiger partial charge on any atom is -0.496 e. The molecule has 0 amide bonds. The number of aromatic nitrogens is 4. The van der Waals surface area contributed by atoms with Crippen molar-refractivity contribution in [2.75, 3.05) is 0 Å². The van der Waals surface area contributed by atoms with Crippen LogP contribution in [0.25, 0.3) is 11.2 Å². The molecule has 1 atom stereocenters. The molecule has 3 rings (SSSR count). The van der Waals surface area contributed by atoms with Crippen molar-refractivity contribution < 1.29 is 4.74 Å². The fraction of sp³-hybridized carbons (Fsp3) is 0.462. The minimum atomic E-state index is -0.362. The van der Waals surface area contributed by atoms with Gasteiger partial charge < -0.3 is 9.30 Å². The number of allylic oxidation sites excluding steroid dienone is 1. The van der Waals surface area contributed by atoms with Crippen molar-refractivity contribution >= 4 is 11.2 Å². The fourth-order valence-corrected chi connectivity index (χ4v) is 2.48. The summed E-state index contributed by atoms with van der Waals surface area (Å²) in [5, 5.41) is 0. The van der Waals surface area contributed by atoms with Crippen molar-refractivity contribution in [1.29, 1.82) is 0 Å². The molecular formula is C13H16N4O3. The van der Waals surface area contributed by atoms with Crippen molar-refractivity contribution in [2.45, 2.75) is 25.5 Å². The second-order valence-electron chi connectivity index (χ2n) is 4.99. The van der Waals surface area contributed by atoms with Crippen LogP contribution in [0.4, 0.5) is 0 Å². The predicted octanol–water partition coefficient (Wildman–Crippen LogP) is 0.126. The smallest absolute Gasteiger partial charge is 0.332 e. The van der Waals surface area contributed by atoms with E-state index < -0.39 is 0 Å². The maximum Gasteiger partial charge on any atom is 0.332 e. The van der Waals surface area contributed by atoms with E-state index in [9.17, 15) is 9.59 Å². The van der Waals surface area contributed by atoms with Crippen LogP contribution in [0.1, 0.15) is 12.8 Å². The van der Waals surface area contributed by atoms with E-state index in [2.05, 4.69) is 4.98 Å². The second kappa shape index (κ2) is 4.66. The Hall–Kier alpha value is -2.31. The molecule has 0 saturated carbocycles. The van der Waals surface area contributed by atoms with Gasteiger partial charge in [-0.15, -0.1) is 0 Å². The number of hydrogen-bond acceptors (Lipinski definition) is 4. The standard InChI is InChI=1S/C13H16N4O3/c1-15-8-14-11-10(15)12(18)17(13(19)16(11)2)7-9-5-3-4-6-20-9/h4,6,8-9H,3,5,7H2,1-2H3. The Bertz CT molecular complexity index is 796. The number of aryl methyl sites for hydroxylation is 2. The van der Waals surface area contributed by atoms with Crippen LogP contribution in [0.2, 0.25) is 0 Å². The van der Waals surface area contributed by atoms with E-state index in [0.29, 0.717) is 11.2 Å². The highest BCUT2D eigenvalue weighted by Gasteiger charge is 2.19. The molecule has 2 aromatic rings. The molecule has 0 fully saturated rings. The number of fused-ring (bicyclic) bond motifs is 1. The first-order chi connectivity index (χ1) is 9.59. The van der Waals surface area contributed by atoms with E-state index in [1.54, 1.807) is 24.9 Å². The Morgan fingerprint density at radius 1 is 1.40 bits per heavy atom. The molecule has 1 unspecified atom stereocenters. The van der Waals surface area contributed by atoms with Crippen LogP contribution in [0.5, 0.6) is 0 Å². The molecule has 2 aromatic heterocycles. The van der Waals surface area contributed by atoms with E-state index in [1.807, 2.05) is 6.08 Å². The van der Waals surface area contributed by atoms with E-state index in [0.717, 1.165) is 12.8 Å². The maximum atomic E-state index is 12.5. The predicted molar refractivity (Wildman–Crippen MR) is 73.5 cm³/mol. The molecule has 0 aliphatic carbocycles. The largest absolute Gasteiger partial charge is 0.496 e. The van der Waals surface area contributed by atoms with Gasteiger partial charge >= 0.3 is 5.69 Å². The Morgan fingerprint density at radius 3 is 2.90 bits per heavy atom. The lowest BCUT2D eigenvalue weighted by Gasteiger charge is -2.20. The van der Waals surface area contributed by atoms with Gasteiger partial charge in [0, 0.05) is 14.1 Å². The van der Waals surface area contributed by atoms with Crippen LogP contribution in [0.3, 0.4) is 0 Å². The zero-order valence-electron chi connectivity index (χ0n) is 11.4. The Labute approximate surface area is 114 Å². The van der Waals surface area contributed by atoms with Gasteiger partial charge in [0.2, 0.25) is 0 Å². The molecule has 7 heteroatoms. The molecular weight excluding hydrogens is 260 g/mol. The number of imidazole rings is 1. The van der Waals surface area contributed by atoms with E-state index in [1.165, 1.54) is 15.5 Å². The Kier molecular flexibility index (Phi) is 2.96. The van der Waals surface area contributed by atoms with Gasteiger partial charge in [0.05, 0.1) is 19.1 Å². The fourth-order valence-electron chi connectivity index (χ4n) is 2.48. The van der Waals surface area contributed by atoms with E-state index in [4.69, 9.17) is 4.74 Å². The van der Waals surface area contributed by atoms with Gasteiger partial charge in [-0.3, -0.25) is 13.9 Å². The van der Waals surface area contributed by atoms with Gasteiger partial charge in [0.15, 0.2) is 11.2 Å². The SMILES string of the molecule is Cn1cnc2c1c(=O)n(CC1CCC=CO1)c(=O)n2C. The summed E-state index contributed by atoms with van der Waals surface area (Å²) in [6.07, 6.45) is 6.66. The van der Waals surface area contributed by atoms with Gasteiger partial charge in [-0.05, 0) is 18.9 Å². The van der Waals surface area contributed by atoms with Crippen LogP contribution in [-0.2, 0) is 25.4 Å². The van der Waals surface area contributed by atoms with Crippen LogP contribution in [-0.4, -0.2) is 24.8 Å². The molecule has 3 heterocycles. The van der Waals surface area contributed by atoms with Crippen molar-refractivity contribution in [3.63, 3.8) is 0 Å². The highest BCUT2D eigenvalue weighted by Crippen LogP contribution is 2.11. The average Bonchev–Trinajstić information content (AvgIpc) is 2.84. The molecule has 20 heavy (non-hydrogen) atoms. The molecule has 0 N–H and O–H groups in total. The van der Waals surface area contributed by atoms with Gasteiger partial charge in [0.1, 0.15) is 6.10 Å². The van der Waals surface area contributed by atoms with Crippen molar-refractivity contribution in [3.8, 4) is 0 Å². The van der Waals surface area contributed by atoms with Crippen LogP contribution >= 0.6 is 0 Å². The zero-order chi connectivity index (χ0) is 14.3. The molecule has 0 bridgehead atoms. The third-order valence-electron chi connectivity index (χ3n) is 3.61. The summed E-state index contributed by atoms with van der Waals surface area (Å²) in [4.78, 5) is 28.9. The maximum absolute atomic E-state index is 12.5. The summed E-state index contributed by atoms with van der Waals surface area (Å²) >= 11 is 0. The third-order valence-corrected chi connectivity index (χ3v) is 3.61. The normalized spacial score (nSPS) is 18.4. The second-order valence-corrected chi connectivity index (χ2v) is 4.99. The molecule has 106 valence electrons. The first-order valence-corrected chi connectivity index (χ1v) is 6.51. The van der Waals surface area contributed by atoms with Crippen LogP contribution < -0.4 is 11.2 Å². The number of nitrogens with zero attached hydrogens (tertiary/aromatic N) is 4. The summed E-state index contributed by atoms with van der Waals surface area (Å²) in [6.45, 7) is 0.261. The van der Waals surface area contributed by atoms with Gasteiger partial charge in [-0.25, -0.2) is 9.78 Å². The first-order valence-electron chi connectivity index (χ1n) is 6.51. The monoisotopic (exact) mass is 276 g/mol. The van der Waals surface area contributed by atoms with Crippen LogP contribution in [0.15, 0.2) is 28.3 Å². The van der Waals surface area contributed by atoms with Crippen molar-refractivity contribution in [2.24, 2.45) is 14.1 Å². The van der Waals surface area contributed by atoms with Crippen LogP contribution in [0, 0.1) is 0 Å². The quantitative estimate of drug-likeness (QED) is 0.781. The summed E-state index contributed by atoms with van der Waals surface area (Å²) in [5.74, 6) is 0. The molecule has 0 aromatic carbocycles. The van der Waals surface area contributed by atoms with Gasteiger partial charge in [0.25, 0.3) is 5.56 Å². The molecule has 0 spiro atoms. The van der Waals surface area contributed by atoms with Gasteiger partial charge in [-0.2, -0.15) is 0 Å². The number of ether oxygens (including phenoxy) is 1. The van der Waals surface area contributed by atoms with E-state index >= 15 is 0 Å². The average molecular weight is 276 g/mol. The summed E-state index contributed by atoms with van der Waals surface area (Å²) in [6, 6.07) is 0. The number of hydrogen-bond donors (Lipinski definition) is 0. The highest BCUT2D eigenvalue weighted by atomic mass is 16.5. The molecule has 1 aliphatic heterocycles.